The fourth-order valence-electron chi connectivity index (χ4n) is 2.33. The van der Waals surface area contributed by atoms with Gasteiger partial charge in [0.25, 0.3) is 5.91 Å². The summed E-state index contributed by atoms with van der Waals surface area (Å²) in [5.74, 6) is -0.206. The lowest BCUT2D eigenvalue weighted by Crippen LogP contribution is -2.24. The average Bonchev–Trinajstić information content (AvgIpc) is 2.66. The molecular formula is C21H22N2O4. The summed E-state index contributed by atoms with van der Waals surface area (Å²) >= 11 is 0. The van der Waals surface area contributed by atoms with E-state index in [9.17, 15) is 9.59 Å². The smallest absolute Gasteiger partial charge is 0.344 e. The standard InChI is InChI=1S/C21H22N2O4/c1-14(2)16-9-8-15(3)19(10-16)26-13-21(25)27-12-20(24)23-18-7-5-4-6-17(18)11-22/h4-10,14H,12-13H2,1-3H3,(H,23,24). The van der Waals surface area contributed by atoms with Crippen LogP contribution in [0.25, 0.3) is 0 Å². The van der Waals surface area contributed by atoms with Crippen molar-refractivity contribution in [3.8, 4) is 11.8 Å². The first kappa shape index (κ1) is 20.0. The van der Waals surface area contributed by atoms with Crippen LogP contribution < -0.4 is 10.1 Å². The van der Waals surface area contributed by atoms with E-state index >= 15 is 0 Å². The van der Waals surface area contributed by atoms with Crippen LogP contribution in [-0.4, -0.2) is 25.1 Å². The van der Waals surface area contributed by atoms with Gasteiger partial charge in [-0.3, -0.25) is 4.79 Å². The Kier molecular flexibility index (Phi) is 6.95. The van der Waals surface area contributed by atoms with Gasteiger partial charge in [0.05, 0.1) is 11.3 Å². The molecule has 6 heteroatoms. The zero-order valence-electron chi connectivity index (χ0n) is 15.6. The van der Waals surface area contributed by atoms with Crippen LogP contribution in [0.4, 0.5) is 5.69 Å². The number of hydrogen-bond acceptors (Lipinski definition) is 5. The molecule has 2 aromatic rings. The molecular weight excluding hydrogens is 344 g/mol. The van der Waals surface area contributed by atoms with Crippen molar-refractivity contribution in [3.63, 3.8) is 0 Å². The van der Waals surface area contributed by atoms with E-state index in [4.69, 9.17) is 14.7 Å². The van der Waals surface area contributed by atoms with Gasteiger partial charge in [0, 0.05) is 0 Å². The Hall–Kier alpha value is -3.33. The van der Waals surface area contributed by atoms with Gasteiger partial charge in [0.2, 0.25) is 0 Å². The fourth-order valence-corrected chi connectivity index (χ4v) is 2.33. The van der Waals surface area contributed by atoms with Crippen molar-refractivity contribution in [2.75, 3.05) is 18.5 Å². The molecule has 0 saturated carbocycles. The number of carbonyl (C=O) groups is 2. The van der Waals surface area contributed by atoms with Crippen molar-refractivity contribution in [2.45, 2.75) is 26.7 Å². The Labute approximate surface area is 158 Å². The number of anilines is 1. The lowest BCUT2D eigenvalue weighted by molar-refractivity contribution is -0.149. The summed E-state index contributed by atoms with van der Waals surface area (Å²) in [7, 11) is 0. The minimum atomic E-state index is -0.645. The molecule has 140 valence electrons. The highest BCUT2D eigenvalue weighted by Gasteiger charge is 2.12. The molecule has 0 fully saturated rings. The van der Waals surface area contributed by atoms with E-state index in [0.29, 0.717) is 22.9 Å². The molecule has 0 aliphatic carbocycles. The number of esters is 1. The fraction of sp³-hybridized carbons (Fsp3) is 0.286. The summed E-state index contributed by atoms with van der Waals surface area (Å²) in [5.41, 5.74) is 2.73. The van der Waals surface area contributed by atoms with Crippen molar-refractivity contribution < 1.29 is 19.1 Å². The van der Waals surface area contributed by atoms with Crippen molar-refractivity contribution >= 4 is 17.6 Å². The third-order valence-electron chi connectivity index (χ3n) is 3.91. The molecule has 0 unspecified atom stereocenters. The van der Waals surface area contributed by atoms with Gasteiger partial charge in [0.15, 0.2) is 13.2 Å². The Morgan fingerprint density at radius 1 is 1.15 bits per heavy atom. The predicted molar refractivity (Wildman–Crippen MR) is 102 cm³/mol. The van der Waals surface area contributed by atoms with Crippen molar-refractivity contribution in [2.24, 2.45) is 0 Å². The van der Waals surface area contributed by atoms with Crippen LogP contribution in [0.3, 0.4) is 0 Å². The van der Waals surface area contributed by atoms with Crippen LogP contribution in [0, 0.1) is 18.3 Å². The SMILES string of the molecule is Cc1ccc(C(C)C)cc1OCC(=O)OCC(=O)Nc1ccccc1C#N. The molecule has 0 bridgehead atoms. The molecule has 0 spiro atoms. The normalized spacial score (nSPS) is 10.2. The topological polar surface area (TPSA) is 88.4 Å². The molecule has 2 aromatic carbocycles. The molecule has 1 N–H and O–H groups in total. The van der Waals surface area contributed by atoms with Gasteiger partial charge >= 0.3 is 5.97 Å². The van der Waals surface area contributed by atoms with Gasteiger partial charge in [-0.25, -0.2) is 4.79 Å². The second-order valence-corrected chi connectivity index (χ2v) is 6.33. The largest absolute Gasteiger partial charge is 0.482 e. The maximum atomic E-state index is 11.9. The van der Waals surface area contributed by atoms with Gasteiger partial charge in [-0.05, 0) is 42.2 Å². The molecule has 0 heterocycles. The van der Waals surface area contributed by atoms with E-state index < -0.39 is 18.5 Å². The number of ether oxygens (including phenoxy) is 2. The number of nitrogens with zero attached hydrogens (tertiary/aromatic N) is 1. The van der Waals surface area contributed by atoms with E-state index in [0.717, 1.165) is 11.1 Å². The Bertz CT molecular complexity index is 869. The van der Waals surface area contributed by atoms with Gasteiger partial charge < -0.3 is 14.8 Å². The van der Waals surface area contributed by atoms with Crippen LogP contribution in [-0.2, 0) is 14.3 Å². The summed E-state index contributed by atoms with van der Waals surface area (Å²) in [6.07, 6.45) is 0. The summed E-state index contributed by atoms with van der Waals surface area (Å²) in [6.45, 7) is 5.31. The van der Waals surface area contributed by atoms with E-state index in [-0.39, 0.29) is 6.61 Å². The zero-order valence-corrected chi connectivity index (χ0v) is 15.6. The first-order chi connectivity index (χ1) is 12.9. The number of aryl methyl sites for hydroxylation is 1. The van der Waals surface area contributed by atoms with Crippen molar-refractivity contribution in [1.82, 2.24) is 0 Å². The number of amides is 1. The number of benzene rings is 2. The number of rotatable bonds is 7. The number of carbonyl (C=O) groups excluding carboxylic acids is 2. The predicted octanol–water partition coefficient (Wildman–Crippen LogP) is 3.55. The van der Waals surface area contributed by atoms with Gasteiger partial charge in [0.1, 0.15) is 11.8 Å². The first-order valence-electron chi connectivity index (χ1n) is 8.58. The van der Waals surface area contributed by atoms with Gasteiger partial charge in [-0.2, -0.15) is 5.26 Å². The van der Waals surface area contributed by atoms with Crippen LogP contribution >= 0.6 is 0 Å². The number of para-hydroxylation sites is 1. The first-order valence-corrected chi connectivity index (χ1v) is 8.58. The Morgan fingerprint density at radius 3 is 2.59 bits per heavy atom. The molecule has 6 nitrogen and oxygen atoms in total. The van der Waals surface area contributed by atoms with E-state index in [1.807, 2.05) is 31.2 Å². The van der Waals surface area contributed by atoms with Gasteiger partial charge in [-0.1, -0.05) is 38.1 Å². The minimum absolute atomic E-state index is 0.287. The van der Waals surface area contributed by atoms with Crippen LogP contribution in [0.1, 0.15) is 36.5 Å². The van der Waals surface area contributed by atoms with Crippen LogP contribution in [0.15, 0.2) is 42.5 Å². The third-order valence-corrected chi connectivity index (χ3v) is 3.91. The maximum Gasteiger partial charge on any atom is 0.344 e. The van der Waals surface area contributed by atoms with Gasteiger partial charge in [-0.15, -0.1) is 0 Å². The second-order valence-electron chi connectivity index (χ2n) is 6.33. The molecule has 0 radical (unpaired) electrons. The average molecular weight is 366 g/mol. The number of nitrogens with one attached hydrogen (secondary N) is 1. The molecule has 0 atom stereocenters. The van der Waals surface area contributed by atoms with Crippen molar-refractivity contribution in [3.05, 3.63) is 59.2 Å². The second kappa shape index (κ2) is 9.39. The van der Waals surface area contributed by atoms with Crippen LogP contribution in [0.5, 0.6) is 5.75 Å². The van der Waals surface area contributed by atoms with Crippen LogP contribution in [0.2, 0.25) is 0 Å². The van der Waals surface area contributed by atoms with E-state index in [1.54, 1.807) is 24.3 Å². The minimum Gasteiger partial charge on any atom is -0.482 e. The summed E-state index contributed by atoms with van der Waals surface area (Å²) in [4.78, 5) is 23.7. The highest BCUT2D eigenvalue weighted by molar-refractivity contribution is 5.94. The van der Waals surface area contributed by atoms with E-state index in [2.05, 4.69) is 19.2 Å². The lowest BCUT2D eigenvalue weighted by atomic mass is 10.0. The van der Waals surface area contributed by atoms with Crippen molar-refractivity contribution in [1.29, 1.82) is 5.26 Å². The molecule has 1 amide bonds. The zero-order chi connectivity index (χ0) is 19.8. The third kappa shape index (κ3) is 5.86. The molecule has 27 heavy (non-hydrogen) atoms. The molecule has 0 aliphatic heterocycles. The summed E-state index contributed by atoms with van der Waals surface area (Å²) in [5, 5.41) is 11.5. The number of hydrogen-bond donors (Lipinski definition) is 1. The highest BCUT2D eigenvalue weighted by atomic mass is 16.6. The number of nitriles is 1. The monoisotopic (exact) mass is 366 g/mol. The molecule has 0 saturated heterocycles. The molecule has 2 rings (SSSR count). The maximum absolute atomic E-state index is 11.9. The summed E-state index contributed by atoms with van der Waals surface area (Å²) in [6, 6.07) is 14.4. The van der Waals surface area contributed by atoms with E-state index in [1.165, 1.54) is 0 Å². The Balaban J connectivity index is 1.84. The lowest BCUT2D eigenvalue weighted by Gasteiger charge is -2.12. The highest BCUT2D eigenvalue weighted by Crippen LogP contribution is 2.24. The quantitative estimate of drug-likeness (QED) is 0.757. The molecule has 0 aliphatic rings. The Morgan fingerprint density at radius 2 is 1.89 bits per heavy atom. The summed E-state index contributed by atoms with van der Waals surface area (Å²) < 4.78 is 10.5. The molecule has 0 aromatic heterocycles.